The highest BCUT2D eigenvalue weighted by atomic mass is 16.5. The molecular weight excluding hydrogens is 242 g/mol. The van der Waals surface area contributed by atoms with Crippen molar-refractivity contribution >= 4 is 5.97 Å². The Morgan fingerprint density at radius 1 is 1.32 bits per heavy atom. The smallest absolute Gasteiger partial charge is 0.327 e. The molecule has 0 spiro atoms. The van der Waals surface area contributed by atoms with Gasteiger partial charge < -0.3 is 9.84 Å². The Bertz CT molecular complexity index is 402. The first-order valence-electron chi connectivity index (χ1n) is 6.72. The van der Waals surface area contributed by atoms with Crippen molar-refractivity contribution in [2.45, 2.75) is 39.2 Å². The summed E-state index contributed by atoms with van der Waals surface area (Å²) in [7, 11) is 0. The van der Waals surface area contributed by atoms with Crippen molar-refractivity contribution < 1.29 is 14.6 Å². The van der Waals surface area contributed by atoms with E-state index in [1.807, 2.05) is 31.2 Å². The average molecular weight is 265 g/mol. The SMILES string of the molecule is CCCc1ccc(OCC(C)(NCC)C(=O)O)cc1. The van der Waals surface area contributed by atoms with Gasteiger partial charge in [0.05, 0.1) is 0 Å². The lowest BCUT2D eigenvalue weighted by Gasteiger charge is -2.25. The Hall–Kier alpha value is -1.55. The average Bonchev–Trinajstić information content (AvgIpc) is 2.38. The van der Waals surface area contributed by atoms with Crippen LogP contribution in [0, 0.1) is 0 Å². The Morgan fingerprint density at radius 3 is 2.42 bits per heavy atom. The van der Waals surface area contributed by atoms with Crippen LogP contribution in [0.15, 0.2) is 24.3 Å². The Balaban J connectivity index is 2.61. The fraction of sp³-hybridized carbons (Fsp3) is 0.533. The van der Waals surface area contributed by atoms with Gasteiger partial charge in [0.25, 0.3) is 0 Å². The molecule has 0 saturated carbocycles. The van der Waals surface area contributed by atoms with Crippen LogP contribution in [0.3, 0.4) is 0 Å². The van der Waals surface area contributed by atoms with E-state index in [0.717, 1.165) is 12.8 Å². The fourth-order valence-electron chi connectivity index (χ4n) is 1.85. The maximum Gasteiger partial charge on any atom is 0.327 e. The summed E-state index contributed by atoms with van der Waals surface area (Å²) in [6.07, 6.45) is 2.15. The molecule has 4 heteroatoms. The quantitative estimate of drug-likeness (QED) is 0.758. The summed E-state index contributed by atoms with van der Waals surface area (Å²) in [6.45, 7) is 6.33. The number of benzene rings is 1. The summed E-state index contributed by atoms with van der Waals surface area (Å²) >= 11 is 0. The number of carbonyl (C=O) groups is 1. The van der Waals surface area contributed by atoms with Crippen LogP contribution in [0.5, 0.6) is 5.75 Å². The largest absolute Gasteiger partial charge is 0.491 e. The molecule has 0 saturated heterocycles. The summed E-state index contributed by atoms with van der Waals surface area (Å²) < 4.78 is 5.57. The van der Waals surface area contributed by atoms with Gasteiger partial charge in [-0.1, -0.05) is 32.4 Å². The third-order valence-corrected chi connectivity index (χ3v) is 3.03. The van der Waals surface area contributed by atoms with E-state index in [-0.39, 0.29) is 6.61 Å². The van der Waals surface area contributed by atoms with E-state index in [1.54, 1.807) is 6.92 Å². The summed E-state index contributed by atoms with van der Waals surface area (Å²) in [6, 6.07) is 7.81. The minimum Gasteiger partial charge on any atom is -0.491 e. The molecule has 1 aromatic carbocycles. The highest BCUT2D eigenvalue weighted by molar-refractivity contribution is 5.78. The Kier molecular flexibility index (Phi) is 5.83. The number of likely N-dealkylation sites (N-methyl/N-ethyl adjacent to an activating group) is 1. The molecule has 4 nitrogen and oxygen atoms in total. The first-order chi connectivity index (χ1) is 9.01. The van der Waals surface area contributed by atoms with Crippen molar-refractivity contribution in [3.63, 3.8) is 0 Å². The topological polar surface area (TPSA) is 58.6 Å². The van der Waals surface area contributed by atoms with Crippen LogP contribution in [0.4, 0.5) is 0 Å². The molecule has 0 fully saturated rings. The van der Waals surface area contributed by atoms with Gasteiger partial charge in [-0.05, 0) is 37.6 Å². The van der Waals surface area contributed by atoms with Crippen molar-refractivity contribution in [1.82, 2.24) is 5.32 Å². The lowest BCUT2D eigenvalue weighted by molar-refractivity contribution is -0.145. The van der Waals surface area contributed by atoms with Crippen molar-refractivity contribution in [1.29, 1.82) is 0 Å². The number of aryl methyl sites for hydroxylation is 1. The standard InChI is InChI=1S/C15H23NO3/c1-4-6-12-7-9-13(10-8-12)19-11-15(3,14(17)18)16-5-2/h7-10,16H,4-6,11H2,1-3H3,(H,17,18). The molecule has 0 amide bonds. The predicted octanol–water partition coefficient (Wildman–Crippen LogP) is 2.47. The van der Waals surface area contributed by atoms with Gasteiger partial charge in [-0.25, -0.2) is 0 Å². The number of carboxylic acids is 1. The number of nitrogens with one attached hydrogen (secondary N) is 1. The zero-order chi connectivity index (χ0) is 14.3. The van der Waals surface area contributed by atoms with Crippen LogP contribution in [0.1, 0.15) is 32.8 Å². The maximum atomic E-state index is 11.2. The molecule has 1 atom stereocenters. The third-order valence-electron chi connectivity index (χ3n) is 3.03. The number of rotatable bonds is 8. The molecule has 19 heavy (non-hydrogen) atoms. The summed E-state index contributed by atoms with van der Waals surface area (Å²) in [4.78, 5) is 11.2. The summed E-state index contributed by atoms with van der Waals surface area (Å²) in [5, 5.41) is 12.1. The molecular formula is C15H23NO3. The maximum absolute atomic E-state index is 11.2. The van der Waals surface area contributed by atoms with Gasteiger partial charge in [0.2, 0.25) is 0 Å². The van der Waals surface area contributed by atoms with Gasteiger partial charge >= 0.3 is 5.97 Å². The number of hydrogen-bond acceptors (Lipinski definition) is 3. The molecule has 106 valence electrons. The third kappa shape index (κ3) is 4.56. The molecule has 1 unspecified atom stereocenters. The highest BCUT2D eigenvalue weighted by Crippen LogP contribution is 2.15. The first kappa shape index (κ1) is 15.5. The number of ether oxygens (including phenoxy) is 1. The summed E-state index contributed by atoms with van der Waals surface area (Å²) in [5.41, 5.74) is 0.208. The van der Waals surface area contributed by atoms with Gasteiger partial charge in [-0.15, -0.1) is 0 Å². The van der Waals surface area contributed by atoms with E-state index in [4.69, 9.17) is 4.74 Å². The van der Waals surface area contributed by atoms with Crippen molar-refractivity contribution in [3.05, 3.63) is 29.8 Å². The number of aliphatic carboxylic acids is 1. The second kappa shape index (κ2) is 7.14. The highest BCUT2D eigenvalue weighted by Gasteiger charge is 2.33. The number of carboxylic acid groups (broad SMARTS) is 1. The van der Waals surface area contributed by atoms with Crippen LogP contribution in [-0.4, -0.2) is 29.8 Å². The van der Waals surface area contributed by atoms with Crippen molar-refractivity contribution in [2.75, 3.05) is 13.2 Å². The minimum atomic E-state index is -1.06. The van der Waals surface area contributed by atoms with E-state index in [9.17, 15) is 9.90 Å². The van der Waals surface area contributed by atoms with E-state index in [2.05, 4.69) is 12.2 Å². The second-order valence-electron chi connectivity index (χ2n) is 4.85. The second-order valence-corrected chi connectivity index (χ2v) is 4.85. The lowest BCUT2D eigenvalue weighted by Crippen LogP contribution is -2.53. The van der Waals surface area contributed by atoms with Crippen molar-refractivity contribution in [3.8, 4) is 5.75 Å². The zero-order valence-electron chi connectivity index (χ0n) is 11.9. The molecule has 0 aliphatic heterocycles. The van der Waals surface area contributed by atoms with E-state index in [1.165, 1.54) is 5.56 Å². The normalized spacial score (nSPS) is 13.8. The van der Waals surface area contributed by atoms with Crippen molar-refractivity contribution in [2.24, 2.45) is 0 Å². The van der Waals surface area contributed by atoms with Crippen LogP contribution in [0.25, 0.3) is 0 Å². The first-order valence-corrected chi connectivity index (χ1v) is 6.72. The molecule has 1 rings (SSSR count). The molecule has 2 N–H and O–H groups in total. The summed E-state index contributed by atoms with van der Waals surface area (Å²) in [5.74, 6) is -0.206. The fourth-order valence-corrected chi connectivity index (χ4v) is 1.85. The minimum absolute atomic E-state index is 0.100. The predicted molar refractivity (Wildman–Crippen MR) is 75.6 cm³/mol. The molecule has 0 aliphatic rings. The van der Waals surface area contributed by atoms with Gasteiger partial charge in [-0.2, -0.15) is 0 Å². The monoisotopic (exact) mass is 265 g/mol. The molecule has 0 radical (unpaired) electrons. The molecule has 0 bridgehead atoms. The van der Waals surface area contributed by atoms with E-state index in [0.29, 0.717) is 12.3 Å². The van der Waals surface area contributed by atoms with Gasteiger partial charge in [0.1, 0.15) is 17.9 Å². The Labute approximate surface area is 114 Å². The van der Waals surface area contributed by atoms with E-state index < -0.39 is 11.5 Å². The van der Waals surface area contributed by atoms with Gasteiger partial charge in [-0.3, -0.25) is 10.1 Å². The van der Waals surface area contributed by atoms with Crippen LogP contribution in [0.2, 0.25) is 0 Å². The molecule has 1 aromatic rings. The zero-order valence-corrected chi connectivity index (χ0v) is 11.9. The number of hydrogen-bond donors (Lipinski definition) is 2. The Morgan fingerprint density at radius 2 is 1.95 bits per heavy atom. The molecule has 0 aromatic heterocycles. The molecule has 0 heterocycles. The van der Waals surface area contributed by atoms with E-state index >= 15 is 0 Å². The lowest BCUT2D eigenvalue weighted by atomic mass is 10.0. The van der Waals surface area contributed by atoms with Crippen LogP contribution in [-0.2, 0) is 11.2 Å². The van der Waals surface area contributed by atoms with Crippen LogP contribution < -0.4 is 10.1 Å². The van der Waals surface area contributed by atoms with Crippen LogP contribution >= 0.6 is 0 Å². The van der Waals surface area contributed by atoms with Gasteiger partial charge in [0, 0.05) is 0 Å². The molecule has 0 aliphatic carbocycles. The van der Waals surface area contributed by atoms with Gasteiger partial charge in [0.15, 0.2) is 0 Å².